The van der Waals surface area contributed by atoms with Crippen LogP contribution < -0.4 is 15.8 Å². The molecule has 2 heterocycles. The SMILES string of the molecule is CC(=N)CCCNC(=O)/C=C/c1cnc(N)c2c(-c3ccc(Oc4ccccc4)cc3)csc12. The highest BCUT2D eigenvalue weighted by molar-refractivity contribution is 7.18. The fourth-order valence-electron chi connectivity index (χ4n) is 3.53. The van der Waals surface area contributed by atoms with E-state index in [-0.39, 0.29) is 5.91 Å². The molecule has 0 aliphatic carbocycles. The van der Waals surface area contributed by atoms with Crippen LogP contribution in [0.3, 0.4) is 0 Å². The number of pyridine rings is 1. The lowest BCUT2D eigenvalue weighted by atomic mass is 10.0. The van der Waals surface area contributed by atoms with E-state index in [0.29, 0.717) is 24.5 Å². The Morgan fingerprint density at radius 1 is 1.15 bits per heavy atom. The molecule has 0 atom stereocenters. The van der Waals surface area contributed by atoms with E-state index in [0.717, 1.165) is 44.7 Å². The Kier molecular flexibility index (Phi) is 7.34. The van der Waals surface area contributed by atoms with Crippen molar-refractivity contribution in [1.82, 2.24) is 10.3 Å². The van der Waals surface area contributed by atoms with Gasteiger partial charge in [-0.15, -0.1) is 11.3 Å². The standard InChI is InChI=1S/C27H26N4O2S/c1-18(28)6-5-15-30-24(32)14-11-20-16-31-27(29)25-23(17-34-26(20)25)19-9-12-22(13-10-19)33-21-7-3-2-4-8-21/h2-4,7-14,16-17,28H,5-6,15H2,1H3,(H2,29,31)(H,30,32)/b14-11+,28-18?. The highest BCUT2D eigenvalue weighted by Gasteiger charge is 2.13. The number of ether oxygens (including phenoxy) is 1. The molecule has 172 valence electrons. The number of carbonyl (C=O) groups is 1. The molecule has 2 aromatic carbocycles. The third kappa shape index (κ3) is 5.68. The van der Waals surface area contributed by atoms with Crippen LogP contribution in [0.1, 0.15) is 25.3 Å². The number of benzene rings is 2. The normalized spacial score (nSPS) is 11.1. The van der Waals surface area contributed by atoms with Crippen LogP contribution in [0.4, 0.5) is 5.82 Å². The second-order valence-corrected chi connectivity index (χ2v) is 8.78. The number of amides is 1. The predicted molar refractivity (Wildman–Crippen MR) is 141 cm³/mol. The van der Waals surface area contributed by atoms with Gasteiger partial charge in [-0.1, -0.05) is 30.3 Å². The summed E-state index contributed by atoms with van der Waals surface area (Å²) in [4.78, 5) is 16.5. The highest BCUT2D eigenvalue weighted by atomic mass is 32.1. The number of thiophene rings is 1. The summed E-state index contributed by atoms with van der Waals surface area (Å²) < 4.78 is 6.87. The molecule has 0 radical (unpaired) electrons. The molecule has 1 amide bonds. The van der Waals surface area contributed by atoms with Gasteiger partial charge in [0, 0.05) is 45.7 Å². The minimum atomic E-state index is -0.168. The fraction of sp³-hybridized carbons (Fsp3) is 0.148. The summed E-state index contributed by atoms with van der Waals surface area (Å²) in [6, 6.07) is 17.5. The first kappa shape index (κ1) is 23.2. The minimum absolute atomic E-state index is 0.168. The number of fused-ring (bicyclic) bond motifs is 1. The number of nitrogen functional groups attached to an aromatic ring is 1. The van der Waals surface area contributed by atoms with E-state index >= 15 is 0 Å². The third-order valence-corrected chi connectivity index (χ3v) is 6.27. The Bertz CT molecular complexity index is 1330. The summed E-state index contributed by atoms with van der Waals surface area (Å²) in [5.41, 5.74) is 9.72. The van der Waals surface area contributed by atoms with Crippen molar-refractivity contribution in [1.29, 1.82) is 5.41 Å². The van der Waals surface area contributed by atoms with Crippen molar-refractivity contribution < 1.29 is 9.53 Å². The third-order valence-electron chi connectivity index (χ3n) is 5.24. The first-order valence-corrected chi connectivity index (χ1v) is 11.9. The van der Waals surface area contributed by atoms with Crippen LogP contribution in [-0.2, 0) is 4.79 Å². The molecule has 34 heavy (non-hydrogen) atoms. The van der Waals surface area contributed by atoms with E-state index in [2.05, 4.69) is 15.7 Å². The van der Waals surface area contributed by atoms with Gasteiger partial charge in [-0.2, -0.15) is 0 Å². The molecule has 4 N–H and O–H groups in total. The molecule has 0 saturated heterocycles. The topological polar surface area (TPSA) is 101 Å². The Morgan fingerprint density at radius 2 is 1.88 bits per heavy atom. The molecule has 6 nitrogen and oxygen atoms in total. The van der Waals surface area contributed by atoms with E-state index in [1.807, 2.05) is 54.6 Å². The molecule has 2 aromatic heterocycles. The van der Waals surface area contributed by atoms with Crippen LogP contribution in [0.25, 0.3) is 27.3 Å². The second-order valence-electron chi connectivity index (χ2n) is 7.90. The first-order valence-electron chi connectivity index (χ1n) is 11.0. The summed E-state index contributed by atoms with van der Waals surface area (Å²) >= 11 is 1.57. The van der Waals surface area contributed by atoms with Crippen LogP contribution in [-0.4, -0.2) is 23.1 Å². The average molecular weight is 471 g/mol. The zero-order valence-corrected chi connectivity index (χ0v) is 19.7. The summed E-state index contributed by atoms with van der Waals surface area (Å²) in [5, 5.41) is 13.2. The van der Waals surface area contributed by atoms with Gasteiger partial charge in [0.1, 0.15) is 17.3 Å². The molecular formula is C27H26N4O2S. The Hall–Kier alpha value is -3.97. The van der Waals surface area contributed by atoms with Crippen molar-refractivity contribution in [2.75, 3.05) is 12.3 Å². The largest absolute Gasteiger partial charge is 0.457 e. The van der Waals surface area contributed by atoms with Crippen molar-refractivity contribution in [3.05, 3.63) is 77.8 Å². The molecule has 0 aliphatic heterocycles. The van der Waals surface area contributed by atoms with Gasteiger partial charge < -0.3 is 21.2 Å². The molecule has 7 heteroatoms. The van der Waals surface area contributed by atoms with Gasteiger partial charge in [0.15, 0.2) is 0 Å². The number of para-hydroxylation sites is 1. The number of nitrogens with zero attached hydrogens (tertiary/aromatic N) is 1. The zero-order chi connectivity index (χ0) is 23.9. The van der Waals surface area contributed by atoms with Crippen molar-refractivity contribution >= 4 is 44.9 Å². The van der Waals surface area contributed by atoms with Gasteiger partial charge in [0.2, 0.25) is 5.91 Å². The van der Waals surface area contributed by atoms with E-state index in [1.165, 1.54) is 6.08 Å². The second kappa shape index (κ2) is 10.8. The van der Waals surface area contributed by atoms with Gasteiger partial charge >= 0.3 is 0 Å². The summed E-state index contributed by atoms with van der Waals surface area (Å²) in [6.07, 6.45) is 6.41. The lowest BCUT2D eigenvalue weighted by Gasteiger charge is -2.07. The number of aromatic nitrogens is 1. The fourth-order valence-corrected chi connectivity index (χ4v) is 4.61. The van der Waals surface area contributed by atoms with Crippen molar-refractivity contribution in [2.24, 2.45) is 0 Å². The smallest absolute Gasteiger partial charge is 0.244 e. The maximum atomic E-state index is 12.1. The van der Waals surface area contributed by atoms with Crippen LogP contribution in [0.2, 0.25) is 0 Å². The maximum absolute atomic E-state index is 12.1. The predicted octanol–water partition coefficient (Wildman–Crippen LogP) is 6.29. The van der Waals surface area contributed by atoms with Gasteiger partial charge in [0.25, 0.3) is 0 Å². The Balaban J connectivity index is 1.51. The van der Waals surface area contributed by atoms with Crippen LogP contribution in [0.5, 0.6) is 11.5 Å². The van der Waals surface area contributed by atoms with E-state index in [1.54, 1.807) is 30.5 Å². The monoisotopic (exact) mass is 470 g/mol. The Morgan fingerprint density at radius 3 is 2.62 bits per heavy atom. The van der Waals surface area contributed by atoms with Crippen molar-refractivity contribution in [3.63, 3.8) is 0 Å². The van der Waals surface area contributed by atoms with E-state index < -0.39 is 0 Å². The van der Waals surface area contributed by atoms with Gasteiger partial charge in [-0.3, -0.25) is 4.79 Å². The summed E-state index contributed by atoms with van der Waals surface area (Å²) in [6.45, 7) is 2.31. The Labute approximate surface area is 202 Å². The highest BCUT2D eigenvalue weighted by Crippen LogP contribution is 2.39. The van der Waals surface area contributed by atoms with E-state index in [9.17, 15) is 4.79 Å². The van der Waals surface area contributed by atoms with Crippen molar-refractivity contribution in [3.8, 4) is 22.6 Å². The first-order chi connectivity index (χ1) is 16.5. The lowest BCUT2D eigenvalue weighted by Crippen LogP contribution is -2.22. The summed E-state index contributed by atoms with van der Waals surface area (Å²) in [5.74, 6) is 1.83. The zero-order valence-electron chi connectivity index (χ0n) is 18.9. The quantitative estimate of drug-likeness (QED) is 0.152. The van der Waals surface area contributed by atoms with Crippen LogP contribution in [0.15, 0.2) is 72.3 Å². The molecular weight excluding hydrogens is 444 g/mol. The van der Waals surface area contributed by atoms with Gasteiger partial charge in [-0.05, 0) is 61.1 Å². The van der Waals surface area contributed by atoms with Gasteiger partial charge in [0.05, 0.1) is 0 Å². The maximum Gasteiger partial charge on any atom is 0.244 e. The molecule has 0 bridgehead atoms. The number of carbonyl (C=O) groups excluding carboxylic acids is 1. The summed E-state index contributed by atoms with van der Waals surface area (Å²) in [7, 11) is 0. The number of nitrogens with two attached hydrogens (primary N) is 1. The number of anilines is 1. The number of nitrogens with one attached hydrogen (secondary N) is 2. The van der Waals surface area contributed by atoms with Crippen LogP contribution in [0, 0.1) is 5.41 Å². The van der Waals surface area contributed by atoms with Crippen molar-refractivity contribution in [2.45, 2.75) is 19.8 Å². The molecule has 0 unspecified atom stereocenters. The molecule has 0 spiro atoms. The van der Waals surface area contributed by atoms with Gasteiger partial charge in [-0.25, -0.2) is 4.98 Å². The number of rotatable bonds is 9. The van der Waals surface area contributed by atoms with Crippen LogP contribution >= 0.6 is 11.3 Å². The molecule has 4 rings (SSSR count). The molecule has 0 aliphatic rings. The lowest BCUT2D eigenvalue weighted by molar-refractivity contribution is -0.116. The molecule has 4 aromatic rings. The molecule has 0 saturated carbocycles. The number of hydrogen-bond acceptors (Lipinski definition) is 6. The number of hydrogen-bond donors (Lipinski definition) is 3. The van der Waals surface area contributed by atoms with E-state index in [4.69, 9.17) is 15.9 Å². The average Bonchev–Trinajstić information content (AvgIpc) is 3.29. The minimum Gasteiger partial charge on any atom is -0.457 e. The molecule has 0 fully saturated rings.